The number of anilines is 1. The molecule has 4 heteroatoms. The number of halogens is 1. The van der Waals surface area contributed by atoms with Crippen LogP contribution in [0.1, 0.15) is 0 Å². The van der Waals surface area contributed by atoms with E-state index in [0.717, 1.165) is 5.69 Å². The van der Waals surface area contributed by atoms with Crippen LogP contribution in [-0.2, 0) is 4.74 Å². The van der Waals surface area contributed by atoms with Crippen LogP contribution in [0, 0.1) is 0 Å². The lowest BCUT2D eigenvalue weighted by atomic mass is 10.3. The highest BCUT2D eigenvalue weighted by atomic mass is 35.5. The molecule has 72 valence electrons. The summed E-state index contributed by atoms with van der Waals surface area (Å²) < 4.78 is 9.87. The Hall–Kier alpha value is -0.930. The molecular formula is C9H12ClNO2. The first-order chi connectivity index (χ1) is 6.27. The van der Waals surface area contributed by atoms with Crippen LogP contribution in [-0.4, -0.2) is 21.0 Å². The fraction of sp³-hybridized carbons (Fsp3) is 0.333. The number of rotatable bonds is 4. The van der Waals surface area contributed by atoms with E-state index in [4.69, 9.17) is 21.1 Å². The van der Waals surface area contributed by atoms with Gasteiger partial charge in [0.25, 0.3) is 0 Å². The average Bonchev–Trinajstić information content (AvgIpc) is 2.15. The molecule has 0 heterocycles. The van der Waals surface area contributed by atoms with E-state index < -0.39 is 0 Å². The maximum absolute atomic E-state index is 5.90. The Morgan fingerprint density at radius 1 is 1.38 bits per heavy atom. The van der Waals surface area contributed by atoms with E-state index >= 15 is 0 Å². The van der Waals surface area contributed by atoms with Gasteiger partial charge in [-0.3, -0.25) is 0 Å². The molecule has 0 saturated heterocycles. The van der Waals surface area contributed by atoms with E-state index in [-0.39, 0.29) is 0 Å². The number of hydrogen-bond acceptors (Lipinski definition) is 3. The van der Waals surface area contributed by atoms with Crippen LogP contribution < -0.4 is 10.1 Å². The fourth-order valence-electron chi connectivity index (χ4n) is 0.932. The molecule has 0 atom stereocenters. The molecule has 0 radical (unpaired) electrons. The summed E-state index contributed by atoms with van der Waals surface area (Å²) in [5.74, 6) is 0.671. The lowest BCUT2D eigenvalue weighted by Gasteiger charge is -2.07. The van der Waals surface area contributed by atoms with E-state index in [9.17, 15) is 0 Å². The predicted molar refractivity (Wildman–Crippen MR) is 53.5 cm³/mol. The van der Waals surface area contributed by atoms with Crippen molar-refractivity contribution in [1.29, 1.82) is 0 Å². The van der Waals surface area contributed by atoms with Crippen molar-refractivity contribution in [2.24, 2.45) is 0 Å². The van der Waals surface area contributed by atoms with Gasteiger partial charge in [-0.2, -0.15) is 0 Å². The van der Waals surface area contributed by atoms with E-state index in [1.807, 2.05) is 6.07 Å². The summed E-state index contributed by atoms with van der Waals surface area (Å²) in [5, 5.41) is 3.61. The van der Waals surface area contributed by atoms with Gasteiger partial charge >= 0.3 is 0 Å². The monoisotopic (exact) mass is 201 g/mol. The van der Waals surface area contributed by atoms with E-state index in [1.54, 1.807) is 26.4 Å². The van der Waals surface area contributed by atoms with E-state index in [2.05, 4.69) is 5.32 Å². The summed E-state index contributed by atoms with van der Waals surface area (Å²) in [7, 11) is 3.21. The quantitative estimate of drug-likeness (QED) is 0.759. The van der Waals surface area contributed by atoms with Crippen LogP contribution in [0.4, 0.5) is 5.69 Å². The van der Waals surface area contributed by atoms with Gasteiger partial charge in [0.1, 0.15) is 12.5 Å². The van der Waals surface area contributed by atoms with E-state index in [0.29, 0.717) is 17.5 Å². The zero-order chi connectivity index (χ0) is 9.68. The van der Waals surface area contributed by atoms with E-state index in [1.165, 1.54) is 0 Å². The molecule has 0 unspecified atom stereocenters. The fourth-order valence-corrected chi connectivity index (χ4v) is 1.19. The molecule has 0 fully saturated rings. The zero-order valence-corrected chi connectivity index (χ0v) is 8.39. The minimum Gasteiger partial charge on any atom is -0.495 e. The Morgan fingerprint density at radius 3 is 2.69 bits per heavy atom. The van der Waals surface area contributed by atoms with Crippen LogP contribution in [0.2, 0.25) is 5.02 Å². The first-order valence-corrected chi connectivity index (χ1v) is 4.22. The molecule has 3 nitrogen and oxygen atoms in total. The third-order valence-corrected chi connectivity index (χ3v) is 1.87. The number of nitrogens with one attached hydrogen (secondary N) is 1. The standard InChI is InChI=1S/C9H12ClNO2/c1-12-6-11-7-3-4-9(13-2)8(10)5-7/h3-5,11H,6H2,1-2H3. The third kappa shape index (κ3) is 2.79. The highest BCUT2D eigenvalue weighted by Crippen LogP contribution is 2.26. The molecule has 0 aromatic heterocycles. The maximum Gasteiger partial charge on any atom is 0.137 e. The molecule has 0 saturated carbocycles. The molecule has 0 aliphatic carbocycles. The van der Waals surface area contributed by atoms with Crippen molar-refractivity contribution in [3.8, 4) is 5.75 Å². The lowest BCUT2D eigenvalue weighted by Crippen LogP contribution is -2.02. The van der Waals surface area contributed by atoms with Crippen molar-refractivity contribution < 1.29 is 9.47 Å². The van der Waals surface area contributed by atoms with Gasteiger partial charge in [-0.1, -0.05) is 11.6 Å². The summed E-state index contributed by atoms with van der Waals surface area (Å²) in [5.41, 5.74) is 0.910. The molecule has 1 rings (SSSR count). The van der Waals surface area contributed by atoms with Crippen molar-refractivity contribution in [1.82, 2.24) is 0 Å². The molecule has 1 aromatic rings. The normalized spacial score (nSPS) is 9.77. The van der Waals surface area contributed by atoms with Crippen molar-refractivity contribution in [3.63, 3.8) is 0 Å². The molecule has 13 heavy (non-hydrogen) atoms. The Balaban J connectivity index is 2.71. The number of benzene rings is 1. The summed E-state index contributed by atoms with van der Waals surface area (Å²) in [6, 6.07) is 5.48. The molecule has 1 aromatic carbocycles. The lowest BCUT2D eigenvalue weighted by molar-refractivity contribution is 0.221. The Bertz CT molecular complexity index is 278. The van der Waals surface area contributed by atoms with Crippen LogP contribution in [0.15, 0.2) is 18.2 Å². The highest BCUT2D eigenvalue weighted by Gasteiger charge is 2.00. The highest BCUT2D eigenvalue weighted by molar-refractivity contribution is 6.32. The molecule has 0 amide bonds. The smallest absolute Gasteiger partial charge is 0.137 e. The Morgan fingerprint density at radius 2 is 2.15 bits per heavy atom. The minimum atomic E-state index is 0.461. The first-order valence-electron chi connectivity index (χ1n) is 3.84. The maximum atomic E-state index is 5.90. The molecule has 0 aliphatic heterocycles. The third-order valence-electron chi connectivity index (χ3n) is 1.57. The molecular weight excluding hydrogens is 190 g/mol. The summed E-state index contributed by atoms with van der Waals surface area (Å²) in [6.45, 7) is 0.461. The van der Waals surface area contributed by atoms with Crippen LogP contribution >= 0.6 is 11.6 Å². The van der Waals surface area contributed by atoms with Gasteiger partial charge in [0.05, 0.1) is 12.1 Å². The van der Waals surface area contributed by atoms with Crippen LogP contribution in [0.3, 0.4) is 0 Å². The second-order valence-corrected chi connectivity index (χ2v) is 2.87. The first kappa shape index (κ1) is 10.2. The van der Waals surface area contributed by atoms with Gasteiger partial charge in [0.2, 0.25) is 0 Å². The SMILES string of the molecule is COCNc1ccc(OC)c(Cl)c1. The van der Waals surface area contributed by atoms with Gasteiger partial charge in [-0.15, -0.1) is 0 Å². The van der Waals surface area contributed by atoms with Gasteiger partial charge in [0.15, 0.2) is 0 Å². The van der Waals surface area contributed by atoms with Crippen LogP contribution in [0.5, 0.6) is 5.75 Å². The van der Waals surface area contributed by atoms with Crippen molar-refractivity contribution >= 4 is 17.3 Å². The molecule has 0 aliphatic rings. The predicted octanol–water partition coefficient (Wildman–Crippen LogP) is 2.36. The second kappa shape index (κ2) is 4.94. The molecule has 1 N–H and O–H groups in total. The largest absolute Gasteiger partial charge is 0.495 e. The average molecular weight is 202 g/mol. The van der Waals surface area contributed by atoms with Gasteiger partial charge in [-0.05, 0) is 18.2 Å². The Kier molecular flexibility index (Phi) is 3.86. The van der Waals surface area contributed by atoms with Gasteiger partial charge < -0.3 is 14.8 Å². The van der Waals surface area contributed by atoms with Crippen molar-refractivity contribution in [2.45, 2.75) is 0 Å². The summed E-state index contributed by atoms with van der Waals surface area (Å²) >= 11 is 5.90. The topological polar surface area (TPSA) is 30.5 Å². The molecule has 0 bridgehead atoms. The van der Waals surface area contributed by atoms with Crippen molar-refractivity contribution in [3.05, 3.63) is 23.2 Å². The Labute approximate surface area is 82.6 Å². The van der Waals surface area contributed by atoms with Gasteiger partial charge in [0, 0.05) is 12.8 Å². The number of ether oxygens (including phenoxy) is 2. The van der Waals surface area contributed by atoms with Crippen molar-refractivity contribution in [2.75, 3.05) is 26.3 Å². The summed E-state index contributed by atoms with van der Waals surface area (Å²) in [4.78, 5) is 0. The summed E-state index contributed by atoms with van der Waals surface area (Å²) in [6.07, 6.45) is 0. The number of hydrogen-bond donors (Lipinski definition) is 1. The number of methoxy groups -OCH3 is 2. The minimum absolute atomic E-state index is 0.461. The second-order valence-electron chi connectivity index (χ2n) is 2.46. The van der Waals surface area contributed by atoms with Gasteiger partial charge in [-0.25, -0.2) is 0 Å². The zero-order valence-electron chi connectivity index (χ0n) is 7.63. The molecule has 0 spiro atoms. The van der Waals surface area contributed by atoms with Crippen LogP contribution in [0.25, 0.3) is 0 Å².